The largest absolute Gasteiger partial charge is 0.294 e. The lowest BCUT2D eigenvalue weighted by Crippen LogP contribution is -2.23. The van der Waals surface area contributed by atoms with Gasteiger partial charge < -0.3 is 0 Å². The molecular formula is C16H14BrNO3. The van der Waals surface area contributed by atoms with Gasteiger partial charge in [0.25, 0.3) is 4.95 Å². The highest BCUT2D eigenvalue weighted by molar-refractivity contribution is 9.09. The minimum absolute atomic E-state index is 0.0882. The van der Waals surface area contributed by atoms with Gasteiger partial charge in [-0.15, -0.1) is 0 Å². The second-order valence-corrected chi connectivity index (χ2v) is 5.61. The van der Waals surface area contributed by atoms with Crippen LogP contribution in [-0.4, -0.2) is 15.7 Å². The monoisotopic (exact) mass is 347 g/mol. The molecule has 2 aromatic carbocycles. The average Bonchev–Trinajstić information content (AvgIpc) is 2.53. The summed E-state index contributed by atoms with van der Waals surface area (Å²) in [5.41, 5.74) is 1.35. The number of Topliss-reactive ketones (excluding diaryl/α,β-unsaturated/α-hetero) is 1. The Morgan fingerprint density at radius 3 is 2.10 bits per heavy atom. The Morgan fingerprint density at radius 2 is 1.57 bits per heavy atom. The molecule has 0 fully saturated rings. The maximum Gasteiger partial charge on any atom is 0.273 e. The normalized spacial score (nSPS) is 13.4. The zero-order valence-corrected chi connectivity index (χ0v) is 12.8. The lowest BCUT2D eigenvalue weighted by Gasteiger charge is -2.16. The van der Waals surface area contributed by atoms with Gasteiger partial charge in [0.2, 0.25) is 0 Å². The van der Waals surface area contributed by atoms with Gasteiger partial charge >= 0.3 is 0 Å². The summed E-state index contributed by atoms with van der Waals surface area (Å²) in [6.07, 6.45) is 0.0882. The fourth-order valence-electron chi connectivity index (χ4n) is 2.16. The van der Waals surface area contributed by atoms with Crippen LogP contribution in [0.1, 0.15) is 28.3 Å². The number of nitrogens with zero attached hydrogens (tertiary/aromatic N) is 1. The summed E-state index contributed by atoms with van der Waals surface area (Å²) in [7, 11) is 0. The lowest BCUT2D eigenvalue weighted by molar-refractivity contribution is -0.496. The van der Waals surface area contributed by atoms with Crippen LogP contribution in [0.4, 0.5) is 0 Å². The van der Waals surface area contributed by atoms with Crippen molar-refractivity contribution in [1.29, 1.82) is 0 Å². The van der Waals surface area contributed by atoms with Gasteiger partial charge in [0.05, 0.1) is 5.92 Å². The van der Waals surface area contributed by atoms with Gasteiger partial charge in [-0.1, -0.05) is 60.7 Å². The van der Waals surface area contributed by atoms with E-state index in [2.05, 4.69) is 15.9 Å². The van der Waals surface area contributed by atoms with Crippen LogP contribution in [0.25, 0.3) is 0 Å². The molecule has 108 valence electrons. The molecule has 0 unspecified atom stereocenters. The summed E-state index contributed by atoms with van der Waals surface area (Å²) in [6.45, 7) is 0. The Bertz CT molecular complexity index is 616. The van der Waals surface area contributed by atoms with Crippen LogP contribution < -0.4 is 0 Å². The molecule has 0 aliphatic carbocycles. The number of hydrogen-bond acceptors (Lipinski definition) is 3. The number of carbonyl (C=O) groups excluding carboxylic acids is 1. The van der Waals surface area contributed by atoms with Crippen LogP contribution in [-0.2, 0) is 0 Å². The van der Waals surface area contributed by atoms with E-state index in [4.69, 9.17) is 0 Å². The molecule has 0 radical (unpaired) electrons. The van der Waals surface area contributed by atoms with Gasteiger partial charge in [-0.25, -0.2) is 0 Å². The first-order chi connectivity index (χ1) is 10.1. The van der Waals surface area contributed by atoms with Crippen LogP contribution in [0.2, 0.25) is 0 Å². The quantitative estimate of drug-likeness (QED) is 0.260. The Labute approximate surface area is 131 Å². The van der Waals surface area contributed by atoms with E-state index in [1.807, 2.05) is 24.3 Å². The van der Waals surface area contributed by atoms with E-state index in [0.29, 0.717) is 5.56 Å². The second-order valence-electron chi connectivity index (χ2n) is 4.67. The third-order valence-electron chi connectivity index (χ3n) is 3.26. The van der Waals surface area contributed by atoms with E-state index >= 15 is 0 Å². The molecule has 21 heavy (non-hydrogen) atoms. The average molecular weight is 348 g/mol. The highest BCUT2D eigenvalue weighted by Crippen LogP contribution is 2.30. The first kappa shape index (κ1) is 15.4. The van der Waals surface area contributed by atoms with Crippen LogP contribution >= 0.6 is 15.9 Å². The molecule has 4 nitrogen and oxygen atoms in total. The van der Waals surface area contributed by atoms with Crippen molar-refractivity contribution < 1.29 is 9.72 Å². The molecule has 0 N–H and O–H groups in total. The minimum atomic E-state index is -0.993. The SMILES string of the molecule is O=C(C[C@H](c1ccccc1)[C@H](Br)[N+](=O)[O-])c1ccccc1. The maximum atomic E-state index is 12.3. The molecule has 2 atom stereocenters. The predicted octanol–water partition coefficient (Wildman–Crippen LogP) is 4.04. The lowest BCUT2D eigenvalue weighted by atomic mass is 9.91. The van der Waals surface area contributed by atoms with Crippen LogP contribution in [0, 0.1) is 10.1 Å². The van der Waals surface area contributed by atoms with E-state index in [1.54, 1.807) is 36.4 Å². The van der Waals surface area contributed by atoms with E-state index in [-0.39, 0.29) is 12.2 Å². The zero-order chi connectivity index (χ0) is 15.2. The van der Waals surface area contributed by atoms with Crippen molar-refractivity contribution in [3.05, 3.63) is 81.9 Å². The van der Waals surface area contributed by atoms with Crippen LogP contribution in [0.15, 0.2) is 60.7 Å². The second kappa shape index (κ2) is 7.13. The Hall–Kier alpha value is -2.01. The van der Waals surface area contributed by atoms with Gasteiger partial charge in [0.1, 0.15) is 0 Å². The van der Waals surface area contributed by atoms with Gasteiger partial charge in [-0.2, -0.15) is 0 Å². The molecule has 0 amide bonds. The van der Waals surface area contributed by atoms with Gasteiger partial charge in [-0.05, 0) is 21.5 Å². The molecule has 2 rings (SSSR count). The Balaban J connectivity index is 2.25. The van der Waals surface area contributed by atoms with Gasteiger partial charge in [0, 0.05) is 16.9 Å². The summed E-state index contributed by atoms with van der Waals surface area (Å²) >= 11 is 3.10. The molecule has 0 heterocycles. The summed E-state index contributed by atoms with van der Waals surface area (Å²) in [5, 5.41) is 11.1. The van der Waals surface area contributed by atoms with E-state index < -0.39 is 15.8 Å². The molecule has 5 heteroatoms. The van der Waals surface area contributed by atoms with Crippen molar-refractivity contribution in [3.63, 3.8) is 0 Å². The molecule has 0 aromatic heterocycles. The number of halogens is 1. The zero-order valence-electron chi connectivity index (χ0n) is 11.2. The summed E-state index contributed by atoms with van der Waals surface area (Å²) < 4.78 is 0. The number of nitro groups is 1. The molecule has 0 saturated heterocycles. The minimum Gasteiger partial charge on any atom is -0.294 e. The molecule has 2 aromatic rings. The topological polar surface area (TPSA) is 60.2 Å². The maximum absolute atomic E-state index is 12.3. The molecule has 0 spiro atoms. The number of benzene rings is 2. The fourth-order valence-corrected chi connectivity index (χ4v) is 2.65. The third kappa shape index (κ3) is 3.98. The van der Waals surface area contributed by atoms with E-state index in [1.165, 1.54) is 0 Å². The van der Waals surface area contributed by atoms with Crippen LogP contribution in [0.5, 0.6) is 0 Å². The first-order valence-corrected chi connectivity index (χ1v) is 7.42. The summed E-state index contributed by atoms with van der Waals surface area (Å²) in [4.78, 5) is 22.0. The summed E-state index contributed by atoms with van der Waals surface area (Å²) in [5.74, 6) is -0.607. The van der Waals surface area contributed by atoms with Crippen molar-refractivity contribution in [2.24, 2.45) is 0 Å². The number of carbonyl (C=O) groups is 1. The number of rotatable bonds is 6. The molecule has 0 bridgehead atoms. The highest BCUT2D eigenvalue weighted by atomic mass is 79.9. The first-order valence-electron chi connectivity index (χ1n) is 6.50. The predicted molar refractivity (Wildman–Crippen MR) is 84.3 cm³/mol. The van der Waals surface area contributed by atoms with Gasteiger partial charge in [0.15, 0.2) is 5.78 Å². The highest BCUT2D eigenvalue weighted by Gasteiger charge is 2.32. The number of hydrogen-bond donors (Lipinski definition) is 0. The van der Waals surface area contributed by atoms with Crippen molar-refractivity contribution in [2.45, 2.75) is 17.3 Å². The van der Waals surface area contributed by atoms with Crippen molar-refractivity contribution in [1.82, 2.24) is 0 Å². The molecule has 0 aliphatic rings. The van der Waals surface area contributed by atoms with Crippen LogP contribution in [0.3, 0.4) is 0 Å². The van der Waals surface area contributed by atoms with E-state index in [9.17, 15) is 14.9 Å². The van der Waals surface area contributed by atoms with E-state index in [0.717, 1.165) is 5.56 Å². The van der Waals surface area contributed by atoms with Gasteiger partial charge in [-0.3, -0.25) is 14.9 Å². The Kier molecular flexibility index (Phi) is 5.22. The molecule has 0 aliphatic heterocycles. The number of alkyl halides is 1. The number of ketones is 1. The Morgan fingerprint density at radius 1 is 1.05 bits per heavy atom. The smallest absolute Gasteiger partial charge is 0.273 e. The fraction of sp³-hybridized carbons (Fsp3) is 0.188. The van der Waals surface area contributed by atoms with Crippen molar-refractivity contribution in [2.75, 3.05) is 0 Å². The standard InChI is InChI=1S/C16H14BrNO3/c17-16(18(20)21)14(12-7-3-1-4-8-12)11-15(19)13-9-5-2-6-10-13/h1-10,14,16H,11H2/t14-,16-/m1/s1. The van der Waals surface area contributed by atoms with Crippen molar-refractivity contribution >= 4 is 21.7 Å². The molecule has 0 saturated carbocycles. The third-order valence-corrected chi connectivity index (χ3v) is 4.23. The molecular weight excluding hydrogens is 334 g/mol. The van der Waals surface area contributed by atoms with Crippen molar-refractivity contribution in [3.8, 4) is 0 Å². The summed E-state index contributed by atoms with van der Waals surface area (Å²) in [6, 6.07) is 17.9.